The van der Waals surface area contributed by atoms with Crippen LogP contribution in [0.4, 0.5) is 11.4 Å². The van der Waals surface area contributed by atoms with E-state index in [1.165, 1.54) is 16.8 Å². The number of benzene rings is 2. The normalized spacial score (nSPS) is 16.5. The number of para-hydroxylation sites is 1. The van der Waals surface area contributed by atoms with Gasteiger partial charge in [0.2, 0.25) is 0 Å². The zero-order valence-corrected chi connectivity index (χ0v) is 15.1. The second-order valence-electron chi connectivity index (χ2n) is 4.75. The van der Waals surface area contributed by atoms with Gasteiger partial charge in [0.25, 0.3) is 0 Å². The largest absolute Gasteiger partial charge is 0.358 e. The number of aryl methyl sites for hydroxylation is 1. The molecule has 1 aliphatic rings. The number of hydrogen-bond donors (Lipinski definition) is 0. The van der Waals surface area contributed by atoms with Crippen LogP contribution in [0.3, 0.4) is 0 Å². The van der Waals surface area contributed by atoms with Crippen LogP contribution in [0.15, 0.2) is 54.6 Å². The van der Waals surface area contributed by atoms with Gasteiger partial charge in [-0.2, -0.15) is 0 Å². The summed E-state index contributed by atoms with van der Waals surface area (Å²) < 4.78 is 5.58. The number of rotatable bonds is 2. The number of fused-ring (bicyclic) bond motifs is 1. The van der Waals surface area contributed by atoms with E-state index in [0.717, 1.165) is 5.69 Å². The van der Waals surface area contributed by atoms with E-state index in [9.17, 15) is 0 Å². The van der Waals surface area contributed by atoms with Gasteiger partial charge in [0.05, 0.1) is 5.69 Å². The van der Waals surface area contributed by atoms with Gasteiger partial charge in [0.15, 0.2) is 6.23 Å². The Hall–Kier alpha value is -1.18. The van der Waals surface area contributed by atoms with E-state index in [0.29, 0.717) is 0 Å². The van der Waals surface area contributed by atoms with Crippen molar-refractivity contribution in [3.8, 4) is 0 Å². The maximum Gasteiger partial charge on any atom is 0.153 e. The minimum absolute atomic E-state index is 0. The summed E-state index contributed by atoms with van der Waals surface area (Å²) in [5.41, 5.74) is 4.81. The molecule has 2 nitrogen and oxygen atoms in total. The van der Waals surface area contributed by atoms with E-state index >= 15 is 0 Å². The topological polar surface area (TPSA) is 12.5 Å². The van der Waals surface area contributed by atoms with Crippen molar-refractivity contribution >= 4 is 43.7 Å². The first-order chi connectivity index (χ1) is 9.29. The van der Waals surface area contributed by atoms with E-state index in [1.54, 1.807) is 7.11 Å². The maximum atomic E-state index is 5.58. The Kier molecular flexibility index (Phi) is 4.96. The fraction of sp³-hybridized carbons (Fsp3) is 0.176. The Bertz CT molecular complexity index is 607. The fourth-order valence-corrected chi connectivity index (χ4v) is 2.43. The first-order valence-corrected chi connectivity index (χ1v) is 6.45. The Morgan fingerprint density at radius 1 is 1.00 bits per heavy atom. The average Bonchev–Trinajstić information content (AvgIpc) is 2.47. The summed E-state index contributed by atoms with van der Waals surface area (Å²) in [5, 5.41) is 0. The predicted octanol–water partition coefficient (Wildman–Crippen LogP) is 3.75. The Morgan fingerprint density at radius 2 is 1.70 bits per heavy atom. The van der Waals surface area contributed by atoms with E-state index < -0.39 is 0 Å². The van der Waals surface area contributed by atoms with Gasteiger partial charge in [-0.05, 0) is 36.8 Å². The van der Waals surface area contributed by atoms with Gasteiger partial charge in [-0.3, -0.25) is 0 Å². The van der Waals surface area contributed by atoms with Crippen LogP contribution in [-0.2, 0) is 4.74 Å². The number of methoxy groups -OCH3 is 1. The SMILES string of the molecule is COC1C=Cc2ccccc2N1c1ccc(C)cc1.[Bi]. The molecule has 0 saturated heterocycles. The summed E-state index contributed by atoms with van der Waals surface area (Å²) in [6.07, 6.45) is 4.15. The summed E-state index contributed by atoms with van der Waals surface area (Å²) in [6, 6.07) is 16.9. The molecule has 1 unspecified atom stereocenters. The molecule has 0 spiro atoms. The number of ether oxygens (including phenoxy) is 1. The van der Waals surface area contributed by atoms with Crippen LogP contribution in [-0.4, -0.2) is 39.5 Å². The quantitative estimate of drug-likeness (QED) is 0.634. The minimum Gasteiger partial charge on any atom is -0.358 e. The van der Waals surface area contributed by atoms with Crippen LogP contribution in [0, 0.1) is 6.92 Å². The molecule has 0 N–H and O–H groups in total. The molecule has 2 aromatic carbocycles. The molecule has 0 bridgehead atoms. The number of anilines is 2. The minimum atomic E-state index is -0.0578. The number of nitrogens with zero attached hydrogens (tertiary/aromatic N) is 1. The number of hydrogen-bond acceptors (Lipinski definition) is 2. The summed E-state index contributed by atoms with van der Waals surface area (Å²) in [7, 11) is 1.74. The Labute approximate surface area is 139 Å². The van der Waals surface area contributed by atoms with Gasteiger partial charge < -0.3 is 9.64 Å². The zero-order chi connectivity index (χ0) is 13.2. The predicted molar refractivity (Wildman–Crippen MR) is 85.3 cm³/mol. The van der Waals surface area contributed by atoms with Crippen molar-refractivity contribution in [3.63, 3.8) is 0 Å². The van der Waals surface area contributed by atoms with Crippen LogP contribution in [0.5, 0.6) is 0 Å². The van der Waals surface area contributed by atoms with Gasteiger partial charge in [-0.15, -0.1) is 0 Å². The van der Waals surface area contributed by atoms with Crippen molar-refractivity contribution in [1.29, 1.82) is 0 Å². The summed E-state index contributed by atoms with van der Waals surface area (Å²) in [5.74, 6) is 0. The van der Waals surface area contributed by atoms with Gasteiger partial charge in [0.1, 0.15) is 0 Å². The van der Waals surface area contributed by atoms with Gasteiger partial charge in [-0.25, -0.2) is 0 Å². The van der Waals surface area contributed by atoms with Crippen LogP contribution in [0.1, 0.15) is 11.1 Å². The molecule has 1 heterocycles. The van der Waals surface area contributed by atoms with Gasteiger partial charge in [0, 0.05) is 39.0 Å². The molecule has 0 aromatic heterocycles. The molecule has 2 aromatic rings. The molecular weight excluding hydrogens is 443 g/mol. The van der Waals surface area contributed by atoms with Gasteiger partial charge in [-0.1, -0.05) is 42.0 Å². The third-order valence-electron chi connectivity index (χ3n) is 3.44. The van der Waals surface area contributed by atoms with Crippen molar-refractivity contribution in [1.82, 2.24) is 0 Å². The van der Waals surface area contributed by atoms with E-state index in [-0.39, 0.29) is 32.4 Å². The molecule has 1 atom stereocenters. The average molecular weight is 460 g/mol. The first-order valence-electron chi connectivity index (χ1n) is 6.45. The van der Waals surface area contributed by atoms with Crippen LogP contribution in [0.2, 0.25) is 0 Å². The second kappa shape index (κ2) is 6.52. The standard InChI is InChI=1S/C17H17NO.Bi/c1-13-7-10-15(11-8-13)18-16-6-4-3-5-14(16)9-12-17(18)19-2;/h3-12,17H,1-2H3;. The summed E-state index contributed by atoms with van der Waals surface area (Å²) in [4.78, 5) is 2.22. The molecule has 0 saturated carbocycles. The van der Waals surface area contributed by atoms with E-state index in [2.05, 4.69) is 72.5 Å². The molecule has 1 aliphatic heterocycles. The second-order valence-corrected chi connectivity index (χ2v) is 4.75. The molecule has 3 heteroatoms. The molecule has 20 heavy (non-hydrogen) atoms. The van der Waals surface area contributed by atoms with E-state index in [4.69, 9.17) is 4.74 Å². The van der Waals surface area contributed by atoms with Gasteiger partial charge >= 0.3 is 0 Å². The first kappa shape index (κ1) is 15.2. The maximum absolute atomic E-state index is 5.58. The van der Waals surface area contributed by atoms with Crippen LogP contribution >= 0.6 is 0 Å². The van der Waals surface area contributed by atoms with Crippen molar-refractivity contribution < 1.29 is 4.74 Å². The van der Waals surface area contributed by atoms with Crippen molar-refractivity contribution in [3.05, 3.63) is 65.7 Å². The zero-order valence-electron chi connectivity index (χ0n) is 11.7. The van der Waals surface area contributed by atoms with Crippen LogP contribution in [0.25, 0.3) is 6.08 Å². The van der Waals surface area contributed by atoms with Crippen molar-refractivity contribution in [2.45, 2.75) is 13.2 Å². The molecule has 0 fully saturated rings. The smallest absolute Gasteiger partial charge is 0.153 e. The fourth-order valence-electron chi connectivity index (χ4n) is 2.43. The monoisotopic (exact) mass is 460 g/mol. The molecule has 101 valence electrons. The van der Waals surface area contributed by atoms with Crippen LogP contribution < -0.4 is 4.90 Å². The van der Waals surface area contributed by atoms with E-state index in [1.807, 2.05) is 0 Å². The Balaban J connectivity index is 0.00000147. The molecule has 3 rings (SSSR count). The molecular formula is C17H17BiNO. The molecule has 3 radical (unpaired) electrons. The van der Waals surface area contributed by atoms with Crippen molar-refractivity contribution in [2.75, 3.05) is 12.0 Å². The Morgan fingerprint density at radius 3 is 2.40 bits per heavy atom. The molecule has 0 amide bonds. The third kappa shape index (κ3) is 2.79. The summed E-state index contributed by atoms with van der Waals surface area (Å²) in [6.45, 7) is 2.10. The third-order valence-corrected chi connectivity index (χ3v) is 3.44. The van der Waals surface area contributed by atoms with Crippen molar-refractivity contribution in [2.24, 2.45) is 0 Å². The molecule has 0 aliphatic carbocycles. The summed E-state index contributed by atoms with van der Waals surface area (Å²) >= 11 is 0.